The quantitative estimate of drug-likeness (QED) is 0.684. The van der Waals surface area contributed by atoms with Gasteiger partial charge in [0, 0.05) is 43.5 Å². The molecule has 3 aromatic rings. The molecule has 3 heterocycles. The van der Waals surface area contributed by atoms with Crippen molar-refractivity contribution in [3.8, 4) is 0 Å². The van der Waals surface area contributed by atoms with E-state index in [1.807, 2.05) is 48.5 Å². The molecular weight excluding hydrogens is 402 g/mol. The molecule has 0 spiro atoms. The van der Waals surface area contributed by atoms with Gasteiger partial charge in [-0.15, -0.1) is 0 Å². The Labute approximate surface area is 187 Å². The number of amides is 2. The highest BCUT2D eigenvalue weighted by Gasteiger charge is 2.41. The number of anilines is 2. The molecule has 0 saturated carbocycles. The molecule has 0 aliphatic carbocycles. The number of benzene rings is 2. The SMILES string of the molecule is O=C(c1cccnc1)N1CCc2ccc(NC(=O)C3(c4ccccc4)CCOCC3)cc21. The van der Waals surface area contributed by atoms with Crippen LogP contribution in [-0.2, 0) is 21.4 Å². The van der Waals surface area contributed by atoms with Gasteiger partial charge < -0.3 is 15.0 Å². The zero-order valence-corrected chi connectivity index (χ0v) is 17.8. The van der Waals surface area contributed by atoms with Crippen LogP contribution in [0, 0.1) is 0 Å². The number of carbonyl (C=O) groups is 2. The van der Waals surface area contributed by atoms with E-state index in [0.29, 0.717) is 43.9 Å². The van der Waals surface area contributed by atoms with Gasteiger partial charge in [-0.25, -0.2) is 0 Å². The number of ether oxygens (including phenoxy) is 1. The van der Waals surface area contributed by atoms with E-state index >= 15 is 0 Å². The molecule has 1 N–H and O–H groups in total. The lowest BCUT2D eigenvalue weighted by Crippen LogP contribution is -2.44. The zero-order chi connectivity index (χ0) is 22.0. The smallest absolute Gasteiger partial charge is 0.259 e. The average Bonchev–Trinajstić information content (AvgIpc) is 3.28. The lowest BCUT2D eigenvalue weighted by molar-refractivity contribution is -0.125. The summed E-state index contributed by atoms with van der Waals surface area (Å²) in [5.41, 5.74) is 3.59. The second-order valence-electron chi connectivity index (χ2n) is 8.31. The van der Waals surface area contributed by atoms with Crippen LogP contribution in [0.4, 0.5) is 11.4 Å². The molecule has 5 rings (SSSR count). The molecule has 2 aliphatic heterocycles. The number of pyridine rings is 1. The number of nitrogens with zero attached hydrogens (tertiary/aromatic N) is 2. The molecule has 1 saturated heterocycles. The van der Waals surface area contributed by atoms with Gasteiger partial charge in [0.1, 0.15) is 0 Å². The largest absolute Gasteiger partial charge is 0.381 e. The highest BCUT2D eigenvalue weighted by Crippen LogP contribution is 2.37. The molecule has 1 fully saturated rings. The van der Waals surface area contributed by atoms with Crippen molar-refractivity contribution in [2.45, 2.75) is 24.7 Å². The van der Waals surface area contributed by atoms with Crippen molar-refractivity contribution in [2.24, 2.45) is 0 Å². The number of hydrogen-bond acceptors (Lipinski definition) is 4. The van der Waals surface area contributed by atoms with E-state index in [-0.39, 0.29) is 11.8 Å². The second-order valence-corrected chi connectivity index (χ2v) is 8.31. The van der Waals surface area contributed by atoms with Gasteiger partial charge in [-0.1, -0.05) is 36.4 Å². The van der Waals surface area contributed by atoms with Crippen LogP contribution in [0.2, 0.25) is 0 Å². The van der Waals surface area contributed by atoms with E-state index in [0.717, 1.165) is 23.2 Å². The number of fused-ring (bicyclic) bond motifs is 1. The summed E-state index contributed by atoms with van der Waals surface area (Å²) in [5, 5.41) is 3.14. The first-order chi connectivity index (χ1) is 15.7. The number of rotatable bonds is 4. The summed E-state index contributed by atoms with van der Waals surface area (Å²) >= 11 is 0. The summed E-state index contributed by atoms with van der Waals surface area (Å²) in [5.74, 6) is -0.111. The van der Waals surface area contributed by atoms with Gasteiger partial charge >= 0.3 is 0 Å². The molecule has 162 valence electrons. The first kappa shape index (κ1) is 20.4. The van der Waals surface area contributed by atoms with Crippen molar-refractivity contribution in [2.75, 3.05) is 30.0 Å². The van der Waals surface area contributed by atoms with Crippen LogP contribution in [0.15, 0.2) is 73.1 Å². The summed E-state index contributed by atoms with van der Waals surface area (Å²) in [6, 6.07) is 19.3. The molecule has 6 heteroatoms. The molecule has 32 heavy (non-hydrogen) atoms. The van der Waals surface area contributed by atoms with Gasteiger partial charge in [-0.3, -0.25) is 14.6 Å². The van der Waals surface area contributed by atoms with Crippen LogP contribution in [0.5, 0.6) is 0 Å². The minimum Gasteiger partial charge on any atom is -0.381 e. The normalized spacial score (nSPS) is 16.9. The third-order valence-corrected chi connectivity index (χ3v) is 6.50. The Morgan fingerprint density at radius 1 is 1.00 bits per heavy atom. The van der Waals surface area contributed by atoms with Crippen molar-refractivity contribution < 1.29 is 14.3 Å². The Morgan fingerprint density at radius 3 is 2.56 bits per heavy atom. The van der Waals surface area contributed by atoms with Gasteiger partial charge in [-0.2, -0.15) is 0 Å². The van der Waals surface area contributed by atoms with Gasteiger partial charge in [0.25, 0.3) is 5.91 Å². The monoisotopic (exact) mass is 427 g/mol. The van der Waals surface area contributed by atoms with Crippen LogP contribution in [-0.4, -0.2) is 36.6 Å². The minimum absolute atomic E-state index is 0.0323. The Balaban J connectivity index is 1.42. The Hall–Kier alpha value is -3.51. The fourth-order valence-corrected chi connectivity index (χ4v) is 4.69. The predicted octanol–water partition coefficient (Wildman–Crippen LogP) is 3.97. The first-order valence-electron chi connectivity index (χ1n) is 11.0. The van der Waals surface area contributed by atoms with E-state index in [1.54, 1.807) is 29.4 Å². The average molecular weight is 428 g/mol. The molecule has 0 unspecified atom stereocenters. The second kappa shape index (κ2) is 8.55. The van der Waals surface area contributed by atoms with Crippen molar-refractivity contribution in [1.82, 2.24) is 4.98 Å². The lowest BCUT2D eigenvalue weighted by atomic mass is 9.73. The summed E-state index contributed by atoms with van der Waals surface area (Å²) < 4.78 is 5.56. The Morgan fingerprint density at radius 2 is 1.81 bits per heavy atom. The zero-order valence-electron chi connectivity index (χ0n) is 17.8. The molecule has 1 aromatic heterocycles. The highest BCUT2D eigenvalue weighted by molar-refractivity contribution is 6.08. The fourth-order valence-electron chi connectivity index (χ4n) is 4.69. The van der Waals surface area contributed by atoms with E-state index in [2.05, 4.69) is 10.3 Å². The van der Waals surface area contributed by atoms with Crippen molar-refractivity contribution in [1.29, 1.82) is 0 Å². The van der Waals surface area contributed by atoms with Gasteiger partial charge in [0.15, 0.2) is 0 Å². The first-order valence-corrected chi connectivity index (χ1v) is 11.0. The molecule has 2 amide bonds. The number of carbonyl (C=O) groups excluding carboxylic acids is 2. The van der Waals surface area contributed by atoms with Crippen LogP contribution in [0.3, 0.4) is 0 Å². The maximum Gasteiger partial charge on any atom is 0.259 e. The van der Waals surface area contributed by atoms with Crippen molar-refractivity contribution in [3.05, 3.63) is 89.7 Å². The van der Waals surface area contributed by atoms with Crippen LogP contribution >= 0.6 is 0 Å². The molecule has 0 radical (unpaired) electrons. The third kappa shape index (κ3) is 3.67. The number of hydrogen-bond donors (Lipinski definition) is 1. The highest BCUT2D eigenvalue weighted by atomic mass is 16.5. The van der Waals surface area contributed by atoms with Crippen LogP contribution in [0.25, 0.3) is 0 Å². The molecule has 0 atom stereocenters. The predicted molar refractivity (Wildman–Crippen MR) is 123 cm³/mol. The van der Waals surface area contributed by atoms with Gasteiger partial charge in [0.05, 0.1) is 11.0 Å². The molecule has 6 nitrogen and oxygen atoms in total. The topological polar surface area (TPSA) is 71.5 Å². The summed E-state index contributed by atoms with van der Waals surface area (Å²) in [4.78, 5) is 32.4. The molecule has 2 aliphatic rings. The van der Waals surface area contributed by atoms with Gasteiger partial charge in [0.2, 0.25) is 5.91 Å². The maximum atomic E-state index is 13.6. The standard InChI is InChI=1S/C26H25N3O3/c30-24(20-5-4-13-27-18-20)29-14-10-19-8-9-22(17-23(19)29)28-25(31)26(11-15-32-16-12-26)21-6-2-1-3-7-21/h1-9,13,17-18H,10-12,14-16H2,(H,28,31). The van der Waals surface area contributed by atoms with Crippen LogP contribution < -0.4 is 10.2 Å². The van der Waals surface area contributed by atoms with E-state index < -0.39 is 5.41 Å². The molecular formula is C26H25N3O3. The molecule has 2 aromatic carbocycles. The molecule has 0 bridgehead atoms. The minimum atomic E-state index is -0.621. The fraction of sp³-hybridized carbons (Fsp3) is 0.269. The Bertz CT molecular complexity index is 1130. The Kier molecular flexibility index (Phi) is 5.45. The number of nitrogens with one attached hydrogen (secondary N) is 1. The maximum absolute atomic E-state index is 13.6. The van der Waals surface area contributed by atoms with E-state index in [4.69, 9.17) is 4.74 Å². The van der Waals surface area contributed by atoms with E-state index in [1.165, 1.54) is 0 Å². The van der Waals surface area contributed by atoms with Crippen LogP contribution in [0.1, 0.15) is 34.3 Å². The summed E-state index contributed by atoms with van der Waals surface area (Å²) in [7, 11) is 0. The lowest BCUT2D eigenvalue weighted by Gasteiger charge is -2.36. The summed E-state index contributed by atoms with van der Waals surface area (Å²) in [6.07, 6.45) is 5.31. The number of aromatic nitrogens is 1. The van der Waals surface area contributed by atoms with Crippen molar-refractivity contribution in [3.63, 3.8) is 0 Å². The van der Waals surface area contributed by atoms with Gasteiger partial charge in [-0.05, 0) is 54.7 Å². The van der Waals surface area contributed by atoms with Crippen molar-refractivity contribution >= 4 is 23.2 Å². The van der Waals surface area contributed by atoms with E-state index in [9.17, 15) is 9.59 Å². The summed E-state index contributed by atoms with van der Waals surface area (Å²) in [6.45, 7) is 1.73. The third-order valence-electron chi connectivity index (χ3n) is 6.50.